The fourth-order valence-corrected chi connectivity index (χ4v) is 1.30. The highest BCUT2D eigenvalue weighted by atomic mass is 32.2. The molecule has 5 heteroatoms. The summed E-state index contributed by atoms with van der Waals surface area (Å²) in [5.41, 5.74) is 0.796. The molecule has 0 spiro atoms. The van der Waals surface area contributed by atoms with E-state index in [1.54, 1.807) is 19.2 Å². The average molecular weight is 212 g/mol. The maximum atomic E-state index is 10.6. The molecular formula is C9H12N2O2S. The first kappa shape index (κ1) is 10.6. The van der Waals surface area contributed by atoms with Gasteiger partial charge < -0.3 is 10.6 Å². The Morgan fingerprint density at radius 1 is 1.29 bits per heavy atom. The number of benzene rings is 1. The van der Waals surface area contributed by atoms with Crippen molar-refractivity contribution in [3.8, 4) is 0 Å². The van der Waals surface area contributed by atoms with E-state index in [2.05, 4.69) is 17.2 Å². The summed E-state index contributed by atoms with van der Waals surface area (Å²) in [5.74, 6) is 0.657. The lowest BCUT2D eigenvalue weighted by atomic mass is 10.3. The number of hydrogen-bond donors (Lipinski definition) is 3. The molecule has 0 aliphatic heterocycles. The minimum Gasteiger partial charge on any atom is -0.375 e. The molecule has 1 aromatic carbocycles. The zero-order chi connectivity index (χ0) is 10.6. The molecule has 2 N–H and O–H groups in total. The van der Waals surface area contributed by atoms with Gasteiger partial charge in [-0.3, -0.25) is 0 Å². The van der Waals surface area contributed by atoms with Crippen LogP contribution in [0.1, 0.15) is 0 Å². The molecule has 0 atom stereocenters. The Balaban J connectivity index is 2.78. The Morgan fingerprint density at radius 3 is 2.29 bits per heavy atom. The third kappa shape index (κ3) is 2.77. The molecule has 0 fully saturated rings. The van der Waals surface area contributed by atoms with Crippen LogP contribution in [0.2, 0.25) is 0 Å². The van der Waals surface area contributed by atoms with E-state index in [1.807, 2.05) is 0 Å². The topological polar surface area (TPSA) is 58.2 Å². The lowest BCUT2D eigenvalue weighted by molar-refractivity contribution is 0.614. The molecule has 0 saturated heterocycles. The lowest BCUT2D eigenvalue weighted by Gasteiger charge is -2.07. The molecule has 0 bridgehead atoms. The fourth-order valence-electron chi connectivity index (χ4n) is 0.903. The van der Waals surface area contributed by atoms with Gasteiger partial charge in [0.05, 0.1) is 10.7 Å². The van der Waals surface area contributed by atoms with Crippen molar-refractivity contribution in [2.24, 2.45) is 0 Å². The van der Waals surface area contributed by atoms with Gasteiger partial charge in [0.15, 0.2) is 10.7 Å². The van der Waals surface area contributed by atoms with Crippen LogP contribution in [0.15, 0.2) is 41.6 Å². The standard InChI is InChI=1S/C9H12N2O2S/c1-7(10-2)11-8-3-5-9(6-4-8)14(12)13/h3-6,10-11,14H,1H2,2H3. The molecule has 0 radical (unpaired) electrons. The van der Waals surface area contributed by atoms with E-state index in [4.69, 9.17) is 0 Å². The maximum Gasteiger partial charge on any atom is 0.168 e. The van der Waals surface area contributed by atoms with E-state index in [0.717, 1.165) is 5.69 Å². The van der Waals surface area contributed by atoms with E-state index < -0.39 is 10.7 Å². The summed E-state index contributed by atoms with van der Waals surface area (Å²) in [7, 11) is -0.749. The van der Waals surface area contributed by atoms with E-state index in [1.165, 1.54) is 12.1 Å². The van der Waals surface area contributed by atoms with Crippen molar-refractivity contribution in [1.82, 2.24) is 5.32 Å². The Morgan fingerprint density at radius 2 is 1.86 bits per heavy atom. The number of anilines is 1. The summed E-state index contributed by atoms with van der Waals surface area (Å²) in [4.78, 5) is 0.306. The van der Waals surface area contributed by atoms with Crippen LogP contribution < -0.4 is 10.6 Å². The van der Waals surface area contributed by atoms with Crippen molar-refractivity contribution in [2.45, 2.75) is 4.90 Å². The summed E-state index contributed by atoms with van der Waals surface area (Å²) in [6, 6.07) is 6.44. The smallest absolute Gasteiger partial charge is 0.168 e. The van der Waals surface area contributed by atoms with Gasteiger partial charge in [-0.2, -0.15) is 0 Å². The van der Waals surface area contributed by atoms with Crippen LogP contribution in [-0.4, -0.2) is 15.5 Å². The minimum atomic E-state index is -2.50. The van der Waals surface area contributed by atoms with Crippen LogP contribution >= 0.6 is 0 Å². The lowest BCUT2D eigenvalue weighted by Crippen LogP contribution is -2.12. The van der Waals surface area contributed by atoms with Gasteiger partial charge in [-0.25, -0.2) is 8.42 Å². The van der Waals surface area contributed by atoms with Crippen molar-refractivity contribution in [1.29, 1.82) is 0 Å². The van der Waals surface area contributed by atoms with Crippen molar-refractivity contribution >= 4 is 16.4 Å². The van der Waals surface area contributed by atoms with Gasteiger partial charge in [0.1, 0.15) is 0 Å². The summed E-state index contributed by atoms with van der Waals surface area (Å²) >= 11 is 0. The molecule has 14 heavy (non-hydrogen) atoms. The van der Waals surface area contributed by atoms with Crippen LogP contribution in [0.5, 0.6) is 0 Å². The predicted octanol–water partition coefficient (Wildman–Crippen LogP) is 0.759. The molecule has 76 valence electrons. The summed E-state index contributed by atoms with van der Waals surface area (Å²) < 4.78 is 21.2. The molecule has 0 aliphatic rings. The fraction of sp³-hybridized carbons (Fsp3) is 0.111. The maximum absolute atomic E-state index is 10.6. The van der Waals surface area contributed by atoms with Crippen molar-refractivity contribution < 1.29 is 8.42 Å². The number of nitrogens with one attached hydrogen (secondary N) is 2. The van der Waals surface area contributed by atoms with Gasteiger partial charge in [0.25, 0.3) is 0 Å². The number of rotatable bonds is 4. The third-order valence-corrected chi connectivity index (χ3v) is 2.39. The van der Waals surface area contributed by atoms with Gasteiger partial charge in [0.2, 0.25) is 0 Å². The molecule has 4 nitrogen and oxygen atoms in total. The highest BCUT2D eigenvalue weighted by Gasteiger charge is 1.95. The first-order chi connectivity index (χ1) is 6.63. The van der Waals surface area contributed by atoms with Gasteiger partial charge in [-0.15, -0.1) is 0 Å². The highest BCUT2D eigenvalue weighted by molar-refractivity contribution is 7.72. The summed E-state index contributed by atoms with van der Waals surface area (Å²) in [6.45, 7) is 3.68. The van der Waals surface area contributed by atoms with E-state index in [0.29, 0.717) is 10.7 Å². The molecule has 0 unspecified atom stereocenters. The molecule has 0 aliphatic carbocycles. The van der Waals surface area contributed by atoms with Gasteiger partial charge in [-0.05, 0) is 24.3 Å². The molecular weight excluding hydrogens is 200 g/mol. The Labute approximate surface area is 84.6 Å². The second-order valence-corrected chi connectivity index (χ2v) is 3.69. The third-order valence-electron chi connectivity index (χ3n) is 1.68. The van der Waals surface area contributed by atoms with Crippen molar-refractivity contribution in [3.05, 3.63) is 36.7 Å². The van der Waals surface area contributed by atoms with Crippen LogP contribution in [0, 0.1) is 0 Å². The van der Waals surface area contributed by atoms with Gasteiger partial charge >= 0.3 is 0 Å². The Bertz CT molecular complexity index is 388. The zero-order valence-electron chi connectivity index (χ0n) is 7.78. The average Bonchev–Trinajstić information content (AvgIpc) is 2.18. The normalized spacial score (nSPS) is 9.86. The van der Waals surface area contributed by atoms with Gasteiger partial charge in [0, 0.05) is 12.7 Å². The first-order valence-electron chi connectivity index (χ1n) is 4.01. The zero-order valence-corrected chi connectivity index (χ0v) is 8.67. The summed E-state index contributed by atoms with van der Waals surface area (Å²) in [6.07, 6.45) is 0. The Hall–Kier alpha value is -1.49. The largest absolute Gasteiger partial charge is 0.375 e. The van der Waals surface area contributed by atoms with Crippen LogP contribution in [0.3, 0.4) is 0 Å². The Kier molecular flexibility index (Phi) is 3.53. The second-order valence-electron chi connectivity index (χ2n) is 2.66. The van der Waals surface area contributed by atoms with E-state index in [-0.39, 0.29) is 0 Å². The van der Waals surface area contributed by atoms with Crippen LogP contribution in [0.25, 0.3) is 0 Å². The molecule has 0 saturated carbocycles. The quantitative estimate of drug-likeness (QED) is 0.645. The van der Waals surface area contributed by atoms with E-state index >= 15 is 0 Å². The van der Waals surface area contributed by atoms with Crippen LogP contribution in [0.4, 0.5) is 5.69 Å². The molecule has 0 aromatic heterocycles. The SMILES string of the molecule is C=C(NC)Nc1ccc([SH](=O)=O)cc1. The number of hydrogen-bond acceptors (Lipinski definition) is 4. The predicted molar refractivity (Wildman–Crippen MR) is 56.8 cm³/mol. The van der Waals surface area contributed by atoms with Crippen molar-refractivity contribution in [2.75, 3.05) is 12.4 Å². The monoisotopic (exact) mass is 212 g/mol. The highest BCUT2D eigenvalue weighted by Crippen LogP contribution is 2.11. The molecule has 0 amide bonds. The first-order valence-corrected chi connectivity index (χ1v) is 5.19. The number of thiol groups is 1. The molecule has 0 heterocycles. The van der Waals surface area contributed by atoms with Gasteiger partial charge in [-0.1, -0.05) is 6.58 Å². The van der Waals surface area contributed by atoms with Crippen LogP contribution in [-0.2, 0) is 10.7 Å². The second kappa shape index (κ2) is 4.66. The summed E-state index contributed by atoms with van der Waals surface area (Å²) in [5, 5.41) is 5.78. The minimum absolute atomic E-state index is 0.306. The van der Waals surface area contributed by atoms with Crippen molar-refractivity contribution in [3.63, 3.8) is 0 Å². The van der Waals surface area contributed by atoms with E-state index in [9.17, 15) is 8.42 Å². The molecule has 1 rings (SSSR count). The molecule has 1 aromatic rings.